The summed E-state index contributed by atoms with van der Waals surface area (Å²) < 4.78 is 6.31. The number of benzene rings is 1. The number of carboxylic acid groups (broad SMARTS) is 1. The van der Waals surface area contributed by atoms with E-state index in [1.165, 1.54) is 4.90 Å². The van der Waals surface area contributed by atoms with Crippen molar-refractivity contribution in [3.05, 3.63) is 28.7 Å². The molecule has 0 radical (unpaired) electrons. The van der Waals surface area contributed by atoms with Crippen LogP contribution in [0.3, 0.4) is 0 Å². The molecule has 1 amide bonds. The minimum absolute atomic E-state index is 0.0341. The number of aliphatic hydroxyl groups is 1. The SMILES string of the molecule is O=C(COc1ccc(Br)cc1)N1CCC(O)(C(=O)O)CC1. The van der Waals surface area contributed by atoms with Crippen LogP contribution in [-0.2, 0) is 9.59 Å². The second-order valence-electron chi connectivity index (χ2n) is 4.96. The summed E-state index contributed by atoms with van der Waals surface area (Å²) in [6.45, 7) is 0.323. The first-order valence-electron chi connectivity index (χ1n) is 6.53. The van der Waals surface area contributed by atoms with Gasteiger partial charge in [0, 0.05) is 30.4 Å². The van der Waals surface area contributed by atoms with Crippen molar-refractivity contribution in [2.45, 2.75) is 18.4 Å². The molecule has 1 aliphatic rings. The van der Waals surface area contributed by atoms with Crippen molar-refractivity contribution >= 4 is 27.8 Å². The van der Waals surface area contributed by atoms with E-state index in [0.29, 0.717) is 5.75 Å². The molecule has 1 heterocycles. The maximum absolute atomic E-state index is 12.0. The normalized spacial score (nSPS) is 17.3. The van der Waals surface area contributed by atoms with Gasteiger partial charge in [0.1, 0.15) is 5.75 Å². The molecular formula is C14H16BrNO5. The maximum Gasteiger partial charge on any atom is 0.335 e. The summed E-state index contributed by atoms with van der Waals surface area (Å²) in [5.41, 5.74) is -1.72. The highest BCUT2D eigenvalue weighted by Gasteiger charge is 2.40. The third-order valence-electron chi connectivity index (χ3n) is 3.52. The monoisotopic (exact) mass is 357 g/mol. The summed E-state index contributed by atoms with van der Waals surface area (Å²) in [7, 11) is 0. The van der Waals surface area contributed by atoms with Gasteiger partial charge >= 0.3 is 5.97 Å². The average molecular weight is 358 g/mol. The van der Waals surface area contributed by atoms with Crippen molar-refractivity contribution in [2.24, 2.45) is 0 Å². The quantitative estimate of drug-likeness (QED) is 0.847. The van der Waals surface area contributed by atoms with E-state index in [0.717, 1.165) is 4.47 Å². The number of hydrogen-bond acceptors (Lipinski definition) is 4. The largest absolute Gasteiger partial charge is 0.484 e. The lowest BCUT2D eigenvalue weighted by Crippen LogP contribution is -2.51. The summed E-state index contributed by atoms with van der Waals surface area (Å²) in [5, 5.41) is 18.7. The molecule has 2 N–H and O–H groups in total. The molecule has 1 aliphatic heterocycles. The average Bonchev–Trinajstić information content (AvgIpc) is 2.47. The van der Waals surface area contributed by atoms with E-state index in [9.17, 15) is 14.7 Å². The van der Waals surface area contributed by atoms with Crippen LogP contribution in [0.5, 0.6) is 5.75 Å². The molecule has 1 aromatic rings. The zero-order valence-corrected chi connectivity index (χ0v) is 12.9. The maximum atomic E-state index is 12.0. The Bertz CT molecular complexity index is 523. The number of likely N-dealkylation sites (tertiary alicyclic amines) is 1. The van der Waals surface area contributed by atoms with E-state index in [1.54, 1.807) is 12.1 Å². The Labute approximate surface area is 130 Å². The molecule has 6 nitrogen and oxygen atoms in total. The van der Waals surface area contributed by atoms with Gasteiger partial charge in [0.2, 0.25) is 0 Å². The van der Waals surface area contributed by atoms with E-state index in [2.05, 4.69) is 15.9 Å². The van der Waals surface area contributed by atoms with Gasteiger partial charge in [0.15, 0.2) is 12.2 Å². The Hall–Kier alpha value is -1.60. The van der Waals surface area contributed by atoms with Crippen LogP contribution in [0.2, 0.25) is 0 Å². The van der Waals surface area contributed by atoms with Gasteiger partial charge < -0.3 is 19.8 Å². The Morgan fingerprint density at radius 1 is 1.24 bits per heavy atom. The number of aliphatic carboxylic acids is 1. The first-order valence-corrected chi connectivity index (χ1v) is 7.32. The van der Waals surface area contributed by atoms with Gasteiger partial charge in [0.25, 0.3) is 5.91 Å². The van der Waals surface area contributed by atoms with Crippen LogP contribution in [0, 0.1) is 0 Å². The zero-order chi connectivity index (χ0) is 15.5. The molecule has 1 fully saturated rings. The second kappa shape index (κ2) is 6.44. The minimum atomic E-state index is -1.72. The second-order valence-corrected chi connectivity index (χ2v) is 5.88. The predicted molar refractivity (Wildman–Crippen MR) is 78.0 cm³/mol. The number of nitrogens with zero attached hydrogens (tertiary/aromatic N) is 1. The smallest absolute Gasteiger partial charge is 0.335 e. The van der Waals surface area contributed by atoms with Crippen molar-refractivity contribution in [3.8, 4) is 5.75 Å². The lowest BCUT2D eigenvalue weighted by atomic mass is 9.92. The third kappa shape index (κ3) is 3.95. The van der Waals surface area contributed by atoms with E-state index >= 15 is 0 Å². The molecule has 0 aromatic heterocycles. The Balaban J connectivity index is 1.82. The van der Waals surface area contributed by atoms with Gasteiger partial charge in [-0.2, -0.15) is 0 Å². The lowest BCUT2D eigenvalue weighted by molar-refractivity contribution is -0.165. The molecular weight excluding hydrogens is 342 g/mol. The summed E-state index contributed by atoms with van der Waals surface area (Å²) in [6.07, 6.45) is 0.0682. The minimum Gasteiger partial charge on any atom is -0.484 e. The molecule has 21 heavy (non-hydrogen) atoms. The van der Waals surface area contributed by atoms with Crippen molar-refractivity contribution in [1.29, 1.82) is 0 Å². The number of piperidine rings is 1. The summed E-state index contributed by atoms with van der Waals surface area (Å²) in [4.78, 5) is 24.4. The van der Waals surface area contributed by atoms with Crippen molar-refractivity contribution in [1.82, 2.24) is 4.90 Å². The van der Waals surface area contributed by atoms with E-state index in [-0.39, 0.29) is 38.4 Å². The van der Waals surface area contributed by atoms with E-state index < -0.39 is 11.6 Å². The number of halogens is 1. The highest BCUT2D eigenvalue weighted by atomic mass is 79.9. The van der Waals surface area contributed by atoms with Crippen LogP contribution in [0.15, 0.2) is 28.7 Å². The Morgan fingerprint density at radius 2 is 1.81 bits per heavy atom. The summed E-state index contributed by atoms with van der Waals surface area (Å²) in [6, 6.07) is 7.12. The molecule has 0 aliphatic carbocycles. The Kier molecular flexibility index (Phi) is 4.84. The number of ether oxygens (including phenoxy) is 1. The zero-order valence-electron chi connectivity index (χ0n) is 11.3. The fourth-order valence-corrected chi connectivity index (χ4v) is 2.37. The van der Waals surface area contributed by atoms with Gasteiger partial charge in [-0.3, -0.25) is 4.79 Å². The first kappa shape index (κ1) is 15.8. The number of amides is 1. The standard InChI is InChI=1S/C14H16BrNO5/c15-10-1-3-11(4-2-10)21-9-12(17)16-7-5-14(20,6-8-16)13(18)19/h1-4,20H,5-9H2,(H,18,19). The van der Waals surface area contributed by atoms with Crippen molar-refractivity contribution < 1.29 is 24.5 Å². The van der Waals surface area contributed by atoms with Crippen LogP contribution >= 0.6 is 15.9 Å². The fourth-order valence-electron chi connectivity index (χ4n) is 2.11. The molecule has 1 saturated heterocycles. The third-order valence-corrected chi connectivity index (χ3v) is 4.05. The predicted octanol–water partition coefficient (Wildman–Crippen LogP) is 1.27. The molecule has 0 saturated carbocycles. The van der Waals surface area contributed by atoms with Gasteiger partial charge in [-0.05, 0) is 24.3 Å². The highest BCUT2D eigenvalue weighted by Crippen LogP contribution is 2.22. The van der Waals surface area contributed by atoms with Gasteiger partial charge in [-0.25, -0.2) is 4.79 Å². The number of rotatable bonds is 4. The van der Waals surface area contributed by atoms with Gasteiger partial charge in [0.05, 0.1) is 0 Å². The fraction of sp³-hybridized carbons (Fsp3) is 0.429. The molecule has 1 aromatic carbocycles. The van der Waals surface area contributed by atoms with E-state index in [4.69, 9.17) is 9.84 Å². The molecule has 7 heteroatoms. The van der Waals surface area contributed by atoms with Crippen LogP contribution < -0.4 is 4.74 Å². The van der Waals surface area contributed by atoms with Crippen molar-refractivity contribution in [2.75, 3.05) is 19.7 Å². The lowest BCUT2D eigenvalue weighted by Gasteiger charge is -2.35. The number of hydrogen-bond donors (Lipinski definition) is 2. The van der Waals surface area contributed by atoms with Crippen LogP contribution in [0.1, 0.15) is 12.8 Å². The molecule has 0 spiro atoms. The molecule has 0 atom stereocenters. The van der Waals surface area contributed by atoms with Crippen molar-refractivity contribution in [3.63, 3.8) is 0 Å². The van der Waals surface area contributed by atoms with Crippen LogP contribution in [0.4, 0.5) is 0 Å². The molecule has 0 bridgehead atoms. The molecule has 114 valence electrons. The molecule has 2 rings (SSSR count). The highest BCUT2D eigenvalue weighted by molar-refractivity contribution is 9.10. The topological polar surface area (TPSA) is 87.1 Å². The first-order chi connectivity index (χ1) is 9.90. The Morgan fingerprint density at radius 3 is 2.33 bits per heavy atom. The number of carboxylic acids is 1. The van der Waals surface area contributed by atoms with E-state index in [1.807, 2.05) is 12.1 Å². The summed E-state index contributed by atoms with van der Waals surface area (Å²) in [5.74, 6) is -0.864. The number of carbonyl (C=O) groups is 2. The summed E-state index contributed by atoms with van der Waals surface area (Å²) >= 11 is 3.31. The van der Waals surface area contributed by atoms with Crippen LogP contribution in [0.25, 0.3) is 0 Å². The molecule has 0 unspecified atom stereocenters. The number of carbonyl (C=O) groups excluding carboxylic acids is 1. The van der Waals surface area contributed by atoms with Gasteiger partial charge in [-0.1, -0.05) is 15.9 Å². The van der Waals surface area contributed by atoms with Gasteiger partial charge in [-0.15, -0.1) is 0 Å². The van der Waals surface area contributed by atoms with Crippen LogP contribution in [-0.4, -0.2) is 52.3 Å².